The normalized spacial score (nSPS) is 18.4. The third-order valence-electron chi connectivity index (χ3n) is 3.93. The number of hydrogen-bond donors (Lipinski definition) is 1. The van der Waals surface area contributed by atoms with Crippen molar-refractivity contribution in [1.82, 2.24) is 5.32 Å². The molecule has 2 aromatic rings. The zero-order chi connectivity index (χ0) is 16.4. The van der Waals surface area contributed by atoms with Crippen molar-refractivity contribution < 1.29 is 13.2 Å². The Morgan fingerprint density at radius 1 is 1.13 bits per heavy atom. The van der Waals surface area contributed by atoms with Gasteiger partial charge in [-0.15, -0.1) is 0 Å². The number of halogens is 1. The smallest absolute Gasteiger partial charge is 0.220 e. The van der Waals surface area contributed by atoms with Crippen molar-refractivity contribution in [2.45, 2.75) is 23.8 Å². The van der Waals surface area contributed by atoms with Gasteiger partial charge in [-0.2, -0.15) is 0 Å². The first-order valence-corrected chi connectivity index (χ1v) is 9.35. The molecule has 1 aliphatic rings. The number of nitrogens with one attached hydrogen (secondary N) is 1. The van der Waals surface area contributed by atoms with Gasteiger partial charge in [0.15, 0.2) is 9.84 Å². The predicted molar refractivity (Wildman–Crippen MR) is 89.2 cm³/mol. The van der Waals surface area contributed by atoms with E-state index >= 15 is 0 Å². The maximum atomic E-state index is 12.2. The van der Waals surface area contributed by atoms with Gasteiger partial charge in [-0.05, 0) is 29.7 Å². The molecular weight excluding hydrogens is 334 g/mol. The molecule has 0 saturated carbocycles. The summed E-state index contributed by atoms with van der Waals surface area (Å²) in [7, 11) is -3.31. The average molecular weight is 350 g/mol. The minimum absolute atomic E-state index is 0.0792. The van der Waals surface area contributed by atoms with E-state index in [0.29, 0.717) is 21.9 Å². The highest BCUT2D eigenvalue weighted by atomic mass is 35.5. The molecule has 23 heavy (non-hydrogen) atoms. The first-order valence-electron chi connectivity index (χ1n) is 7.32. The molecule has 4 nitrogen and oxygen atoms in total. The Morgan fingerprint density at radius 2 is 1.83 bits per heavy atom. The standard InChI is InChI=1S/C17H16ClNO3S/c18-14-7-3-1-5-12(14)9-10-17(20)19-15-11-23(21,22)16-8-4-2-6-13(15)16/h1-8,15H,9-11H2,(H,19,20)/t15-/m0/s1. The van der Waals surface area contributed by atoms with Crippen LogP contribution in [0.1, 0.15) is 23.6 Å². The van der Waals surface area contributed by atoms with Gasteiger partial charge in [-0.1, -0.05) is 48.0 Å². The molecule has 0 bridgehead atoms. The van der Waals surface area contributed by atoms with Crippen LogP contribution in [-0.4, -0.2) is 20.1 Å². The number of carbonyl (C=O) groups is 1. The molecule has 3 rings (SSSR count). The van der Waals surface area contributed by atoms with E-state index < -0.39 is 15.9 Å². The third-order valence-corrected chi connectivity index (χ3v) is 6.11. The van der Waals surface area contributed by atoms with Crippen LogP contribution in [0.15, 0.2) is 53.4 Å². The summed E-state index contributed by atoms with van der Waals surface area (Å²) < 4.78 is 24.2. The zero-order valence-corrected chi connectivity index (χ0v) is 13.9. The average Bonchev–Trinajstić information content (AvgIpc) is 2.78. The highest BCUT2D eigenvalue weighted by Crippen LogP contribution is 2.33. The molecule has 0 unspecified atom stereocenters. The monoisotopic (exact) mass is 349 g/mol. The summed E-state index contributed by atoms with van der Waals surface area (Å²) in [5.74, 6) is -0.258. The molecule has 6 heteroatoms. The van der Waals surface area contributed by atoms with E-state index in [1.54, 1.807) is 30.3 Å². The molecule has 0 aromatic heterocycles. The van der Waals surface area contributed by atoms with Crippen LogP contribution in [0.3, 0.4) is 0 Å². The minimum Gasteiger partial charge on any atom is -0.348 e. The fourth-order valence-corrected chi connectivity index (χ4v) is 4.75. The highest BCUT2D eigenvalue weighted by Gasteiger charge is 2.34. The number of aryl methyl sites for hydroxylation is 1. The minimum atomic E-state index is -3.31. The van der Waals surface area contributed by atoms with Gasteiger partial charge in [-0.3, -0.25) is 4.79 Å². The molecular formula is C17H16ClNO3S. The van der Waals surface area contributed by atoms with Crippen molar-refractivity contribution in [3.8, 4) is 0 Å². The summed E-state index contributed by atoms with van der Waals surface area (Å²) in [6.45, 7) is 0. The molecule has 1 amide bonds. The van der Waals surface area contributed by atoms with Crippen molar-refractivity contribution in [3.63, 3.8) is 0 Å². The molecule has 1 atom stereocenters. The molecule has 2 aromatic carbocycles. The summed E-state index contributed by atoms with van der Waals surface area (Å²) in [6, 6.07) is 13.7. The lowest BCUT2D eigenvalue weighted by Crippen LogP contribution is -2.29. The van der Waals surface area contributed by atoms with Gasteiger partial charge in [0, 0.05) is 11.4 Å². The number of fused-ring (bicyclic) bond motifs is 1. The second-order valence-corrected chi connectivity index (χ2v) is 7.94. The van der Waals surface area contributed by atoms with E-state index in [2.05, 4.69) is 5.32 Å². The Labute approximate surface area is 140 Å². The van der Waals surface area contributed by atoms with E-state index in [0.717, 1.165) is 5.56 Å². The maximum absolute atomic E-state index is 12.2. The van der Waals surface area contributed by atoms with Crippen molar-refractivity contribution in [2.75, 3.05) is 5.75 Å². The SMILES string of the molecule is O=C(CCc1ccccc1Cl)N[C@H]1CS(=O)(=O)c2ccccc21. The Bertz CT molecular complexity index is 848. The second-order valence-electron chi connectivity index (χ2n) is 5.53. The van der Waals surface area contributed by atoms with Crippen LogP contribution >= 0.6 is 11.6 Å². The summed E-state index contributed by atoms with van der Waals surface area (Å²) in [5, 5.41) is 3.45. The summed E-state index contributed by atoms with van der Waals surface area (Å²) in [5.41, 5.74) is 1.57. The number of hydrogen-bond acceptors (Lipinski definition) is 3. The Morgan fingerprint density at radius 3 is 2.61 bits per heavy atom. The molecule has 0 saturated heterocycles. The topological polar surface area (TPSA) is 63.2 Å². The Hall–Kier alpha value is -1.85. The van der Waals surface area contributed by atoms with Crippen LogP contribution in [0.25, 0.3) is 0 Å². The molecule has 0 radical (unpaired) electrons. The van der Waals surface area contributed by atoms with Crippen molar-refractivity contribution >= 4 is 27.3 Å². The summed E-state index contributed by atoms with van der Waals surface area (Å²) in [6.07, 6.45) is 0.787. The lowest BCUT2D eigenvalue weighted by atomic mass is 10.1. The molecule has 1 aliphatic heterocycles. The van der Waals surface area contributed by atoms with E-state index in [4.69, 9.17) is 11.6 Å². The van der Waals surface area contributed by atoms with Crippen molar-refractivity contribution in [1.29, 1.82) is 0 Å². The van der Waals surface area contributed by atoms with Crippen LogP contribution in [-0.2, 0) is 21.1 Å². The van der Waals surface area contributed by atoms with E-state index in [-0.39, 0.29) is 18.1 Å². The largest absolute Gasteiger partial charge is 0.348 e. The Balaban J connectivity index is 1.67. The summed E-state index contributed by atoms with van der Waals surface area (Å²) >= 11 is 6.07. The van der Waals surface area contributed by atoms with E-state index in [1.165, 1.54) is 0 Å². The van der Waals surface area contributed by atoms with Gasteiger partial charge >= 0.3 is 0 Å². The zero-order valence-electron chi connectivity index (χ0n) is 12.3. The molecule has 120 valence electrons. The number of rotatable bonds is 4. The van der Waals surface area contributed by atoms with Gasteiger partial charge in [0.2, 0.25) is 5.91 Å². The molecule has 1 N–H and O–H groups in total. The second kappa shape index (κ2) is 6.34. The van der Waals surface area contributed by atoms with Gasteiger partial charge in [0.1, 0.15) is 0 Å². The van der Waals surface area contributed by atoms with Crippen molar-refractivity contribution in [3.05, 3.63) is 64.7 Å². The van der Waals surface area contributed by atoms with Crippen LogP contribution in [0.2, 0.25) is 5.02 Å². The molecule has 0 fully saturated rings. The Kier molecular flexibility index (Phi) is 4.41. The lowest BCUT2D eigenvalue weighted by Gasteiger charge is -2.13. The number of sulfone groups is 1. The highest BCUT2D eigenvalue weighted by molar-refractivity contribution is 7.91. The number of carbonyl (C=O) groups excluding carboxylic acids is 1. The maximum Gasteiger partial charge on any atom is 0.220 e. The van der Waals surface area contributed by atoms with E-state index in [9.17, 15) is 13.2 Å². The number of amides is 1. The first-order chi connectivity index (χ1) is 11.0. The third kappa shape index (κ3) is 3.41. The van der Waals surface area contributed by atoms with Gasteiger partial charge < -0.3 is 5.32 Å². The quantitative estimate of drug-likeness (QED) is 0.923. The fraction of sp³-hybridized carbons (Fsp3) is 0.235. The predicted octanol–water partition coefficient (Wildman–Crippen LogP) is 2.92. The van der Waals surface area contributed by atoms with Crippen LogP contribution in [0.5, 0.6) is 0 Å². The van der Waals surface area contributed by atoms with E-state index in [1.807, 2.05) is 18.2 Å². The fourth-order valence-electron chi connectivity index (χ4n) is 2.79. The van der Waals surface area contributed by atoms with Gasteiger partial charge in [0.25, 0.3) is 0 Å². The molecule has 0 aliphatic carbocycles. The summed E-state index contributed by atoms with van der Waals surface area (Å²) in [4.78, 5) is 12.5. The van der Waals surface area contributed by atoms with Gasteiger partial charge in [0.05, 0.1) is 16.7 Å². The first kappa shape index (κ1) is 16.0. The van der Waals surface area contributed by atoms with Crippen LogP contribution in [0.4, 0.5) is 0 Å². The lowest BCUT2D eigenvalue weighted by molar-refractivity contribution is -0.121. The molecule has 1 heterocycles. The van der Waals surface area contributed by atoms with Crippen molar-refractivity contribution in [2.24, 2.45) is 0 Å². The van der Waals surface area contributed by atoms with Gasteiger partial charge in [-0.25, -0.2) is 8.42 Å². The number of benzene rings is 2. The van der Waals surface area contributed by atoms with Crippen LogP contribution in [0, 0.1) is 0 Å². The molecule has 0 spiro atoms. The van der Waals surface area contributed by atoms with Crippen LogP contribution < -0.4 is 5.32 Å².